The Bertz CT molecular complexity index is 643. The highest BCUT2D eigenvalue weighted by Crippen LogP contribution is 2.29. The van der Waals surface area contributed by atoms with Crippen molar-refractivity contribution in [2.75, 3.05) is 27.5 Å². The summed E-state index contributed by atoms with van der Waals surface area (Å²) in [4.78, 5) is 1.05. The van der Waals surface area contributed by atoms with Crippen molar-refractivity contribution < 1.29 is 13.2 Å². The summed E-state index contributed by atoms with van der Waals surface area (Å²) in [5, 5.41) is 0. The van der Waals surface area contributed by atoms with Crippen molar-refractivity contribution in [3.63, 3.8) is 0 Å². The lowest BCUT2D eigenvalue weighted by Gasteiger charge is -2.33. The summed E-state index contributed by atoms with van der Waals surface area (Å²) in [7, 11) is 1.53. The molecule has 24 heavy (non-hydrogen) atoms. The average Bonchev–Trinajstić information content (AvgIpc) is 2.61. The van der Waals surface area contributed by atoms with Crippen molar-refractivity contribution in [1.82, 2.24) is 8.61 Å². The van der Waals surface area contributed by atoms with Crippen LogP contribution >= 0.6 is 11.8 Å². The van der Waals surface area contributed by atoms with E-state index in [1.54, 1.807) is 37.3 Å². The van der Waals surface area contributed by atoms with Gasteiger partial charge >= 0.3 is 0 Å². The lowest BCUT2D eigenvalue weighted by molar-refractivity contribution is 0.268. The molecule has 0 bridgehead atoms. The first-order valence-corrected chi connectivity index (χ1v) is 10.9. The van der Waals surface area contributed by atoms with Crippen LogP contribution in [0.3, 0.4) is 0 Å². The smallest absolute Gasteiger partial charge is 0.282 e. The zero-order valence-electron chi connectivity index (χ0n) is 15.0. The van der Waals surface area contributed by atoms with E-state index in [0.717, 1.165) is 41.9 Å². The van der Waals surface area contributed by atoms with Gasteiger partial charge in [-0.05, 0) is 36.8 Å². The van der Waals surface area contributed by atoms with Crippen LogP contribution in [-0.4, -0.2) is 50.5 Å². The number of methoxy groups -OCH3 is 1. The first-order chi connectivity index (χ1) is 11.4. The van der Waals surface area contributed by atoms with Gasteiger partial charge in [0.15, 0.2) is 0 Å². The summed E-state index contributed by atoms with van der Waals surface area (Å²) in [6.45, 7) is 0.338. The highest BCUT2D eigenvalue weighted by molar-refractivity contribution is 7.98. The number of hydrogen-bond acceptors (Lipinski definition) is 4. The van der Waals surface area contributed by atoms with E-state index in [1.165, 1.54) is 10.7 Å². The van der Waals surface area contributed by atoms with E-state index in [1.807, 2.05) is 24.5 Å². The first kappa shape index (κ1) is 19.6. The van der Waals surface area contributed by atoms with Crippen LogP contribution in [0.15, 0.2) is 23.1 Å². The second-order valence-electron chi connectivity index (χ2n) is 6.26. The third kappa shape index (κ3) is 4.45. The standard InChI is InChI=1S/C17H28N2O3S2/c1-18(13-14-10-11-17(23-4)16(12-14)22-3)24(20,21)19(2)15-8-6-5-7-9-15/h10-12,15H,5-9,13H2,1-4H3. The van der Waals surface area contributed by atoms with Gasteiger partial charge in [0.1, 0.15) is 5.75 Å². The maximum atomic E-state index is 12.8. The molecule has 0 N–H and O–H groups in total. The molecule has 0 spiro atoms. The maximum Gasteiger partial charge on any atom is 0.282 e. The Morgan fingerprint density at radius 3 is 2.46 bits per heavy atom. The van der Waals surface area contributed by atoms with Crippen LogP contribution in [0.5, 0.6) is 5.75 Å². The minimum atomic E-state index is -3.45. The molecule has 1 aliphatic carbocycles. The fourth-order valence-electron chi connectivity index (χ4n) is 3.17. The molecule has 0 heterocycles. The summed E-state index contributed by atoms with van der Waals surface area (Å²) in [5.41, 5.74) is 0.924. The van der Waals surface area contributed by atoms with Gasteiger partial charge in [-0.3, -0.25) is 0 Å². The van der Waals surface area contributed by atoms with Gasteiger partial charge in [-0.25, -0.2) is 0 Å². The van der Waals surface area contributed by atoms with Crippen LogP contribution < -0.4 is 4.74 Å². The zero-order chi connectivity index (χ0) is 17.7. The molecular formula is C17H28N2O3S2. The van der Waals surface area contributed by atoms with Gasteiger partial charge < -0.3 is 4.74 Å². The molecule has 1 fully saturated rings. The Morgan fingerprint density at radius 2 is 1.88 bits per heavy atom. The van der Waals surface area contributed by atoms with Crippen LogP contribution in [0.2, 0.25) is 0 Å². The highest BCUT2D eigenvalue weighted by Gasteiger charge is 2.30. The topological polar surface area (TPSA) is 49.9 Å². The number of thioether (sulfide) groups is 1. The zero-order valence-corrected chi connectivity index (χ0v) is 16.6. The van der Waals surface area contributed by atoms with Crippen LogP contribution in [-0.2, 0) is 16.8 Å². The van der Waals surface area contributed by atoms with Crippen LogP contribution in [0.1, 0.15) is 37.7 Å². The lowest BCUT2D eigenvalue weighted by Crippen LogP contribution is -2.45. The Labute approximate surface area is 150 Å². The van der Waals surface area contributed by atoms with Crippen molar-refractivity contribution in [3.8, 4) is 5.75 Å². The molecule has 1 aliphatic rings. The monoisotopic (exact) mass is 372 g/mol. The summed E-state index contributed by atoms with van der Waals surface area (Å²) in [6, 6.07) is 5.98. The Hall–Kier alpha value is -0.760. The van der Waals surface area contributed by atoms with Crippen molar-refractivity contribution >= 4 is 22.0 Å². The molecule has 0 aromatic heterocycles. The third-order valence-electron chi connectivity index (χ3n) is 4.70. The molecule has 0 atom stereocenters. The van der Waals surface area contributed by atoms with E-state index in [0.29, 0.717) is 6.54 Å². The van der Waals surface area contributed by atoms with Crippen molar-refractivity contribution in [3.05, 3.63) is 23.8 Å². The van der Waals surface area contributed by atoms with E-state index in [4.69, 9.17) is 4.74 Å². The summed E-state index contributed by atoms with van der Waals surface area (Å²) >= 11 is 1.61. The fourth-order valence-corrected chi connectivity index (χ4v) is 5.06. The molecule has 0 aliphatic heterocycles. The lowest BCUT2D eigenvalue weighted by atomic mass is 9.96. The van der Waals surface area contributed by atoms with Crippen molar-refractivity contribution in [1.29, 1.82) is 0 Å². The van der Waals surface area contributed by atoms with Crippen LogP contribution in [0.4, 0.5) is 0 Å². The van der Waals surface area contributed by atoms with Gasteiger partial charge in [-0.2, -0.15) is 17.0 Å². The highest BCUT2D eigenvalue weighted by atomic mass is 32.2. The van der Waals surface area contributed by atoms with Gasteiger partial charge in [0.2, 0.25) is 0 Å². The molecular weight excluding hydrogens is 344 g/mol. The molecule has 0 saturated heterocycles. The van der Waals surface area contributed by atoms with Crippen LogP contribution in [0.25, 0.3) is 0 Å². The Kier molecular flexibility index (Phi) is 6.98. The molecule has 0 amide bonds. The molecule has 5 nitrogen and oxygen atoms in total. The molecule has 1 saturated carbocycles. The number of nitrogens with zero attached hydrogens (tertiary/aromatic N) is 2. The normalized spacial score (nSPS) is 16.8. The van der Waals surface area contributed by atoms with E-state index >= 15 is 0 Å². The average molecular weight is 373 g/mol. The Morgan fingerprint density at radius 1 is 1.21 bits per heavy atom. The molecule has 1 aromatic rings. The van der Waals surface area contributed by atoms with Crippen molar-refractivity contribution in [2.24, 2.45) is 0 Å². The van der Waals surface area contributed by atoms with E-state index in [-0.39, 0.29) is 6.04 Å². The largest absolute Gasteiger partial charge is 0.496 e. The number of rotatable bonds is 7. The third-order valence-corrected chi connectivity index (χ3v) is 7.42. The number of ether oxygens (including phenoxy) is 1. The predicted molar refractivity (Wildman–Crippen MR) is 99.8 cm³/mol. The number of hydrogen-bond donors (Lipinski definition) is 0. The molecule has 1 aromatic carbocycles. The molecule has 7 heteroatoms. The first-order valence-electron chi connectivity index (χ1n) is 8.30. The summed E-state index contributed by atoms with van der Waals surface area (Å²) < 4.78 is 34.0. The Balaban J connectivity index is 2.11. The molecule has 0 unspecified atom stereocenters. The second-order valence-corrected chi connectivity index (χ2v) is 9.20. The SMILES string of the molecule is COc1cc(CN(C)S(=O)(=O)N(C)C2CCCCC2)ccc1SC. The van der Waals surface area contributed by atoms with Gasteiger partial charge in [0.05, 0.1) is 7.11 Å². The van der Waals surface area contributed by atoms with E-state index in [9.17, 15) is 8.42 Å². The van der Waals surface area contributed by atoms with Gasteiger partial charge in [0.25, 0.3) is 10.2 Å². The minimum absolute atomic E-state index is 0.125. The molecule has 2 rings (SSSR count). The number of benzene rings is 1. The minimum Gasteiger partial charge on any atom is -0.496 e. The fraction of sp³-hybridized carbons (Fsp3) is 0.647. The van der Waals surface area contributed by atoms with Crippen molar-refractivity contribution in [2.45, 2.75) is 49.6 Å². The van der Waals surface area contributed by atoms with Gasteiger partial charge in [-0.15, -0.1) is 11.8 Å². The van der Waals surface area contributed by atoms with Gasteiger partial charge in [-0.1, -0.05) is 25.3 Å². The summed E-state index contributed by atoms with van der Waals surface area (Å²) in [6.07, 6.45) is 7.35. The predicted octanol–water partition coefficient (Wildman–Crippen LogP) is 3.36. The molecule has 0 radical (unpaired) electrons. The maximum absolute atomic E-state index is 12.8. The quantitative estimate of drug-likeness (QED) is 0.689. The van der Waals surface area contributed by atoms with Crippen LogP contribution in [0, 0.1) is 0 Å². The van der Waals surface area contributed by atoms with Gasteiger partial charge in [0, 0.05) is 31.6 Å². The second kappa shape index (κ2) is 8.56. The summed E-state index contributed by atoms with van der Waals surface area (Å²) in [5.74, 6) is 0.784. The van der Waals surface area contributed by atoms with E-state index < -0.39 is 10.2 Å². The van der Waals surface area contributed by atoms with E-state index in [2.05, 4.69) is 0 Å². The molecule has 136 valence electrons.